The number of fused-ring (bicyclic) bond motifs is 2. The van der Waals surface area contributed by atoms with E-state index >= 15 is 0 Å². The lowest BCUT2D eigenvalue weighted by Crippen LogP contribution is -2.31. The molecule has 0 aliphatic carbocycles. The second kappa shape index (κ2) is 9.99. The molecule has 2 heterocycles. The predicted molar refractivity (Wildman–Crippen MR) is 149 cm³/mol. The average Bonchev–Trinajstić information content (AvgIpc) is 3.17. The Morgan fingerprint density at radius 2 is 1.70 bits per heavy atom. The van der Waals surface area contributed by atoms with Crippen LogP contribution in [0.5, 0.6) is 0 Å². The number of allylic oxidation sites excluding steroid dienone is 4. The number of carboxylic acids is 2. The van der Waals surface area contributed by atoms with Gasteiger partial charge in [0.15, 0.2) is 5.71 Å². The van der Waals surface area contributed by atoms with Crippen LogP contribution in [0.25, 0.3) is 0 Å². The molecule has 4 rings (SSSR count). The Hall–Kier alpha value is -3.80. The summed E-state index contributed by atoms with van der Waals surface area (Å²) in [6.45, 7) is 9.26. The van der Waals surface area contributed by atoms with Crippen LogP contribution in [0.2, 0.25) is 0 Å². The zero-order chi connectivity index (χ0) is 29.8. The standard InChI is InChI=1S/C29H33N3O7S/c1-17(10-24-28(2,3)20-12-18(14-30)6-8-22(20)31(24)15-26(33)34)11-25-29(4,5)21-13-19(40(37,38)39)7-9-23(21)32(25)16-27(35)36/h6-13H,14-16,30H2,1-5H3,(H2-,33,34,35,36,37,38,39). The van der Waals surface area contributed by atoms with Gasteiger partial charge in [0.1, 0.15) is 16.7 Å². The van der Waals surface area contributed by atoms with Crippen molar-refractivity contribution >= 4 is 39.1 Å². The van der Waals surface area contributed by atoms with E-state index in [9.17, 15) is 32.8 Å². The summed E-state index contributed by atoms with van der Waals surface area (Å²) in [4.78, 5) is 25.0. The Labute approximate surface area is 233 Å². The van der Waals surface area contributed by atoms with E-state index in [1.165, 1.54) is 18.2 Å². The third kappa shape index (κ3) is 5.07. The van der Waals surface area contributed by atoms with Crippen molar-refractivity contribution in [3.63, 3.8) is 0 Å². The zero-order valence-corrected chi connectivity index (χ0v) is 23.9. The number of carboxylic acid groups (broad SMARTS) is 2. The van der Waals surface area contributed by atoms with E-state index in [1.54, 1.807) is 9.48 Å². The van der Waals surface area contributed by atoms with E-state index in [0.717, 1.165) is 28.1 Å². The van der Waals surface area contributed by atoms with E-state index in [1.807, 2.05) is 65.0 Å². The Morgan fingerprint density at radius 3 is 2.27 bits per heavy atom. The molecule has 0 bridgehead atoms. The number of nitrogens with two attached hydrogens (primary N) is 1. The molecule has 0 spiro atoms. The molecular formula is C29H33N3O7S. The molecule has 2 aliphatic rings. The SMILES string of the molecule is CC(=CC1=[N+](CC(=O)O)c2ccc(S(=O)(=O)[O-])cc2C1(C)C)C=C1N(CC(=O)O)c2ccc(CN)cc2C1(C)C. The average molecular weight is 568 g/mol. The minimum Gasteiger partial charge on any atom is -0.744 e. The molecule has 0 saturated heterocycles. The molecule has 0 saturated carbocycles. The van der Waals surface area contributed by atoms with Crippen LogP contribution in [0.3, 0.4) is 0 Å². The van der Waals surface area contributed by atoms with Crippen LogP contribution in [0.4, 0.5) is 11.4 Å². The highest BCUT2D eigenvalue weighted by Gasteiger charge is 2.46. The summed E-state index contributed by atoms with van der Waals surface area (Å²) in [6, 6.07) is 9.70. The van der Waals surface area contributed by atoms with Crippen LogP contribution in [-0.4, -0.2) is 58.5 Å². The van der Waals surface area contributed by atoms with Crippen molar-refractivity contribution in [3.05, 3.63) is 76.5 Å². The van der Waals surface area contributed by atoms with Gasteiger partial charge in [-0.05, 0) is 61.7 Å². The minimum absolute atomic E-state index is 0.247. The van der Waals surface area contributed by atoms with Gasteiger partial charge in [0.05, 0.1) is 10.3 Å². The molecule has 2 aromatic carbocycles. The molecule has 10 nitrogen and oxygen atoms in total. The zero-order valence-electron chi connectivity index (χ0n) is 23.1. The summed E-state index contributed by atoms with van der Waals surface area (Å²) < 4.78 is 36.7. The monoisotopic (exact) mass is 567 g/mol. The van der Waals surface area contributed by atoms with Crippen molar-refractivity contribution in [2.45, 2.75) is 56.9 Å². The van der Waals surface area contributed by atoms with Gasteiger partial charge in [0.2, 0.25) is 12.2 Å². The number of rotatable bonds is 8. The van der Waals surface area contributed by atoms with E-state index < -0.39 is 32.9 Å². The van der Waals surface area contributed by atoms with Crippen molar-refractivity contribution in [3.8, 4) is 0 Å². The maximum absolute atomic E-state index is 11.8. The van der Waals surface area contributed by atoms with Gasteiger partial charge in [-0.2, -0.15) is 4.58 Å². The van der Waals surface area contributed by atoms with Gasteiger partial charge in [-0.3, -0.25) is 4.79 Å². The maximum atomic E-state index is 11.8. The first-order valence-electron chi connectivity index (χ1n) is 12.7. The number of nitrogens with zero attached hydrogens (tertiary/aromatic N) is 2. The summed E-state index contributed by atoms with van der Waals surface area (Å²) in [7, 11) is -4.71. The van der Waals surface area contributed by atoms with Crippen molar-refractivity contribution in [1.82, 2.24) is 0 Å². The molecule has 4 N–H and O–H groups in total. The summed E-state index contributed by atoms with van der Waals surface area (Å²) in [5.74, 6) is -2.07. The highest BCUT2D eigenvalue weighted by Crippen LogP contribution is 2.48. The third-order valence-corrected chi connectivity index (χ3v) is 8.49. The second-order valence-electron chi connectivity index (χ2n) is 11.2. The van der Waals surface area contributed by atoms with Gasteiger partial charge in [0, 0.05) is 41.1 Å². The molecule has 0 atom stereocenters. The molecule has 0 unspecified atom stereocenters. The fourth-order valence-electron chi connectivity index (χ4n) is 5.66. The number of anilines is 1. The molecule has 0 aromatic heterocycles. The largest absolute Gasteiger partial charge is 0.744 e. The van der Waals surface area contributed by atoms with E-state index in [2.05, 4.69) is 0 Å². The van der Waals surface area contributed by atoms with Gasteiger partial charge in [-0.1, -0.05) is 26.0 Å². The summed E-state index contributed by atoms with van der Waals surface area (Å²) in [5, 5.41) is 19.3. The van der Waals surface area contributed by atoms with E-state index in [0.29, 0.717) is 23.5 Å². The lowest BCUT2D eigenvalue weighted by molar-refractivity contribution is -0.428. The van der Waals surface area contributed by atoms with Gasteiger partial charge >= 0.3 is 11.9 Å². The van der Waals surface area contributed by atoms with Crippen molar-refractivity contribution < 1.29 is 37.3 Å². The first kappa shape index (κ1) is 29.2. The highest BCUT2D eigenvalue weighted by molar-refractivity contribution is 7.85. The van der Waals surface area contributed by atoms with Crippen LogP contribution < -0.4 is 10.6 Å². The van der Waals surface area contributed by atoms with E-state index in [4.69, 9.17) is 5.73 Å². The van der Waals surface area contributed by atoms with Gasteiger partial charge in [-0.25, -0.2) is 13.2 Å². The van der Waals surface area contributed by atoms with Crippen LogP contribution in [0, 0.1) is 0 Å². The van der Waals surface area contributed by atoms with Crippen LogP contribution in [0.15, 0.2) is 64.7 Å². The number of carbonyl (C=O) groups is 2. The number of hydrogen-bond donors (Lipinski definition) is 3. The lowest BCUT2D eigenvalue weighted by atomic mass is 9.80. The molecule has 212 valence electrons. The summed E-state index contributed by atoms with van der Waals surface area (Å²) in [6.07, 6.45) is 3.72. The topological polar surface area (TPSA) is 164 Å². The molecule has 0 radical (unpaired) electrons. The lowest BCUT2D eigenvalue weighted by Gasteiger charge is -2.26. The smallest absolute Gasteiger partial charge is 0.370 e. The quantitative estimate of drug-likeness (QED) is 0.321. The number of hydrogen-bond acceptors (Lipinski definition) is 7. The maximum Gasteiger partial charge on any atom is 0.370 e. The summed E-state index contributed by atoms with van der Waals surface area (Å²) >= 11 is 0. The molecule has 2 aromatic rings. The summed E-state index contributed by atoms with van der Waals surface area (Å²) in [5.41, 5.74) is 10.3. The van der Waals surface area contributed by atoms with Gasteiger partial charge in [0.25, 0.3) is 0 Å². The molecule has 11 heteroatoms. The Bertz CT molecular complexity index is 1630. The fourth-order valence-corrected chi connectivity index (χ4v) is 6.16. The third-order valence-electron chi connectivity index (χ3n) is 7.66. The first-order chi connectivity index (χ1) is 18.5. The van der Waals surface area contributed by atoms with Gasteiger partial charge in [-0.15, -0.1) is 0 Å². The highest BCUT2D eigenvalue weighted by atomic mass is 32.2. The predicted octanol–water partition coefficient (Wildman–Crippen LogP) is 3.22. The molecule has 40 heavy (non-hydrogen) atoms. The fraction of sp³-hybridized carbons (Fsp3) is 0.345. The van der Waals surface area contributed by atoms with Crippen LogP contribution in [0.1, 0.15) is 51.3 Å². The first-order valence-corrected chi connectivity index (χ1v) is 14.1. The van der Waals surface area contributed by atoms with Gasteiger partial charge < -0.3 is 25.4 Å². The van der Waals surface area contributed by atoms with E-state index in [-0.39, 0.29) is 18.0 Å². The van der Waals surface area contributed by atoms with Crippen molar-refractivity contribution in [2.75, 3.05) is 18.0 Å². The Balaban J connectivity index is 1.88. The molecule has 0 amide bonds. The number of benzene rings is 2. The molecule has 2 aliphatic heterocycles. The number of aliphatic carboxylic acids is 2. The normalized spacial score (nSPS) is 18.7. The van der Waals surface area contributed by atoms with Crippen molar-refractivity contribution in [1.29, 1.82) is 0 Å². The Morgan fingerprint density at radius 1 is 1.02 bits per heavy atom. The second-order valence-corrected chi connectivity index (χ2v) is 12.6. The van der Waals surface area contributed by atoms with Crippen molar-refractivity contribution in [2.24, 2.45) is 5.73 Å². The van der Waals surface area contributed by atoms with Crippen LogP contribution >= 0.6 is 0 Å². The molecule has 0 fully saturated rings. The Kier molecular flexibility index (Phi) is 7.29. The molecular weight excluding hydrogens is 534 g/mol. The minimum atomic E-state index is -4.71. The van der Waals surface area contributed by atoms with Crippen LogP contribution in [-0.2, 0) is 37.1 Å².